The summed E-state index contributed by atoms with van der Waals surface area (Å²) >= 11 is 0. The number of piperidine rings is 1. The third-order valence-electron chi connectivity index (χ3n) is 9.84. The lowest BCUT2D eigenvalue weighted by molar-refractivity contribution is -0.144. The third kappa shape index (κ3) is 7.89. The fourth-order valence-electron chi connectivity index (χ4n) is 7.17. The highest BCUT2D eigenvalue weighted by molar-refractivity contribution is 5.73. The van der Waals surface area contributed by atoms with E-state index in [1.165, 1.54) is 23.6 Å². The highest BCUT2D eigenvalue weighted by atomic mass is 19.4. The summed E-state index contributed by atoms with van der Waals surface area (Å²) < 4.78 is 38.3. The van der Waals surface area contributed by atoms with Crippen molar-refractivity contribution in [2.24, 2.45) is 17.8 Å². The first-order valence-corrected chi connectivity index (χ1v) is 15.4. The largest absolute Gasteiger partial charge is 0.480 e. The molecule has 8 heteroatoms. The van der Waals surface area contributed by atoms with Crippen molar-refractivity contribution in [2.75, 3.05) is 32.7 Å². The van der Waals surface area contributed by atoms with Gasteiger partial charge in [-0.2, -0.15) is 13.2 Å². The molecule has 3 aliphatic rings. The molecule has 5 nitrogen and oxygen atoms in total. The normalized spacial score (nSPS) is 23.9. The van der Waals surface area contributed by atoms with E-state index in [4.69, 9.17) is 0 Å². The Hall–Kier alpha value is -2.45. The van der Waals surface area contributed by atoms with Crippen molar-refractivity contribution in [2.45, 2.75) is 82.8 Å². The molecule has 0 spiro atoms. The average Bonchev–Trinajstić information content (AvgIpc) is 3.32. The molecule has 0 bridgehead atoms. The molecule has 3 heterocycles. The van der Waals surface area contributed by atoms with Crippen LogP contribution in [0, 0.1) is 24.7 Å². The number of halogens is 3. The quantitative estimate of drug-likeness (QED) is 0.321. The number of carboxylic acids is 1. The molecule has 0 radical (unpaired) electrons. The monoisotopic (exact) mass is 571 g/mol. The fraction of sp³-hybridized carbons (Fsp3) is 0.636. The van der Waals surface area contributed by atoms with E-state index in [0.717, 1.165) is 95.6 Å². The molecule has 2 saturated heterocycles. The topological polar surface area (TPSA) is 56.7 Å². The summed E-state index contributed by atoms with van der Waals surface area (Å²) in [5.41, 5.74) is 2.61. The highest BCUT2D eigenvalue weighted by Gasteiger charge is 2.41. The Bertz CT molecular complexity index is 1140. The van der Waals surface area contributed by atoms with Gasteiger partial charge < -0.3 is 10.0 Å². The Morgan fingerprint density at radius 3 is 2.46 bits per heavy atom. The molecule has 1 saturated carbocycles. The smallest absolute Gasteiger partial charge is 0.417 e. The number of pyridine rings is 1. The lowest BCUT2D eigenvalue weighted by Crippen LogP contribution is -2.43. The van der Waals surface area contributed by atoms with Gasteiger partial charge in [0.05, 0.1) is 5.56 Å². The second-order valence-electron chi connectivity index (χ2n) is 12.8. The van der Waals surface area contributed by atoms with Crippen molar-refractivity contribution in [3.8, 4) is 0 Å². The second kappa shape index (κ2) is 13.2. The minimum Gasteiger partial charge on any atom is -0.480 e. The van der Waals surface area contributed by atoms with Gasteiger partial charge in [-0.3, -0.25) is 14.7 Å². The Morgan fingerprint density at radius 1 is 1.07 bits per heavy atom. The lowest BCUT2D eigenvalue weighted by Gasteiger charge is -2.35. The Labute approximate surface area is 242 Å². The third-order valence-corrected chi connectivity index (χ3v) is 9.84. The van der Waals surface area contributed by atoms with Crippen LogP contribution in [-0.4, -0.2) is 64.6 Å². The second-order valence-corrected chi connectivity index (χ2v) is 12.8. The van der Waals surface area contributed by atoms with Crippen molar-refractivity contribution >= 4 is 5.97 Å². The predicted octanol–water partition coefficient (Wildman–Crippen LogP) is 6.80. The number of hydrogen-bond donors (Lipinski definition) is 1. The first kappa shape index (κ1) is 30.0. The zero-order valence-corrected chi connectivity index (χ0v) is 24.2. The van der Waals surface area contributed by atoms with Gasteiger partial charge in [0, 0.05) is 37.4 Å². The maximum Gasteiger partial charge on any atom is 0.417 e. The molecule has 1 aliphatic carbocycles. The van der Waals surface area contributed by atoms with Gasteiger partial charge in [-0.15, -0.1) is 0 Å². The lowest BCUT2D eigenvalue weighted by atomic mass is 9.80. The molecule has 0 amide bonds. The zero-order chi connectivity index (χ0) is 29.0. The Morgan fingerprint density at radius 2 is 1.85 bits per heavy atom. The number of likely N-dealkylation sites (tertiary alicyclic amines) is 2. The number of hydrogen-bond acceptors (Lipinski definition) is 4. The molecule has 3 fully saturated rings. The van der Waals surface area contributed by atoms with Crippen molar-refractivity contribution in [3.05, 3.63) is 65.0 Å². The molecule has 3 atom stereocenters. The summed E-state index contributed by atoms with van der Waals surface area (Å²) in [5.74, 6) is 1.26. The van der Waals surface area contributed by atoms with Gasteiger partial charge in [0.2, 0.25) is 0 Å². The van der Waals surface area contributed by atoms with Crippen LogP contribution in [0.3, 0.4) is 0 Å². The van der Waals surface area contributed by atoms with E-state index in [9.17, 15) is 23.1 Å². The van der Waals surface area contributed by atoms with E-state index < -0.39 is 17.7 Å². The minimum atomic E-state index is -4.34. The summed E-state index contributed by atoms with van der Waals surface area (Å²) in [7, 11) is 0. The highest BCUT2D eigenvalue weighted by Crippen LogP contribution is 2.39. The van der Waals surface area contributed by atoms with Crippen LogP contribution in [0.2, 0.25) is 0 Å². The summed E-state index contributed by atoms with van der Waals surface area (Å²) in [6.07, 6.45) is 5.91. The van der Waals surface area contributed by atoms with E-state index in [1.54, 1.807) is 0 Å². The number of carboxylic acid groups (broad SMARTS) is 1. The van der Waals surface area contributed by atoms with Crippen molar-refractivity contribution in [3.63, 3.8) is 0 Å². The van der Waals surface area contributed by atoms with Crippen LogP contribution in [0.25, 0.3) is 0 Å². The van der Waals surface area contributed by atoms with E-state index in [0.29, 0.717) is 30.1 Å². The van der Waals surface area contributed by atoms with Crippen molar-refractivity contribution in [1.82, 2.24) is 14.8 Å². The number of aryl methyl sites for hydroxylation is 2. The van der Waals surface area contributed by atoms with E-state index in [2.05, 4.69) is 46.0 Å². The number of carbonyl (C=O) groups is 1. The van der Waals surface area contributed by atoms with Crippen LogP contribution in [0.1, 0.15) is 79.7 Å². The van der Waals surface area contributed by atoms with Gasteiger partial charge in [0.25, 0.3) is 0 Å². The first-order chi connectivity index (χ1) is 19.7. The molecule has 3 unspecified atom stereocenters. The van der Waals surface area contributed by atoms with E-state index >= 15 is 0 Å². The van der Waals surface area contributed by atoms with Crippen molar-refractivity contribution < 1.29 is 23.1 Å². The first-order valence-electron chi connectivity index (χ1n) is 15.4. The maximum absolute atomic E-state index is 12.8. The molecule has 5 rings (SSSR count). The number of benzene rings is 1. The van der Waals surface area contributed by atoms with Crippen LogP contribution in [0.4, 0.5) is 13.2 Å². The summed E-state index contributed by atoms with van der Waals surface area (Å²) in [5, 5.41) is 10.1. The molecule has 41 heavy (non-hydrogen) atoms. The minimum absolute atomic E-state index is 0.340. The zero-order valence-electron chi connectivity index (χ0n) is 24.2. The number of aliphatic carboxylic acids is 1. The summed E-state index contributed by atoms with van der Waals surface area (Å²) in [6, 6.07) is 11.0. The Kier molecular flexibility index (Phi) is 9.70. The predicted molar refractivity (Wildman–Crippen MR) is 154 cm³/mol. The molecule has 1 aromatic heterocycles. The SMILES string of the molecule is Cc1cccc(C2CN(C(CC3CCC3)C(=O)O)CC2CN2CCC(CCCc3ccc(C(F)(F)F)cn3)CC2)c1. The van der Waals surface area contributed by atoms with Crippen LogP contribution < -0.4 is 0 Å². The molecule has 2 aliphatic heterocycles. The Balaban J connectivity index is 1.13. The molecular formula is C33H44F3N3O2. The van der Waals surface area contributed by atoms with Gasteiger partial charge >= 0.3 is 12.1 Å². The number of alkyl halides is 3. The van der Waals surface area contributed by atoms with E-state index in [-0.39, 0.29) is 6.04 Å². The summed E-state index contributed by atoms with van der Waals surface area (Å²) in [6.45, 7) is 6.86. The summed E-state index contributed by atoms with van der Waals surface area (Å²) in [4.78, 5) is 21.2. The average molecular weight is 572 g/mol. The van der Waals surface area contributed by atoms with Gasteiger partial charge in [0.1, 0.15) is 6.04 Å². The van der Waals surface area contributed by atoms with Crippen LogP contribution >= 0.6 is 0 Å². The van der Waals surface area contributed by atoms with Gasteiger partial charge in [-0.1, -0.05) is 49.1 Å². The molecule has 1 aromatic carbocycles. The van der Waals surface area contributed by atoms with Gasteiger partial charge in [0.15, 0.2) is 0 Å². The molecule has 1 N–H and O–H groups in total. The molecule has 224 valence electrons. The maximum atomic E-state index is 12.8. The van der Waals surface area contributed by atoms with Gasteiger partial charge in [-0.25, -0.2) is 0 Å². The molecule has 2 aromatic rings. The molecular weight excluding hydrogens is 527 g/mol. The number of nitrogens with zero attached hydrogens (tertiary/aromatic N) is 3. The van der Waals surface area contributed by atoms with Crippen LogP contribution in [-0.2, 0) is 17.4 Å². The van der Waals surface area contributed by atoms with E-state index in [1.807, 2.05) is 0 Å². The number of rotatable bonds is 11. The van der Waals surface area contributed by atoms with Gasteiger partial charge in [-0.05, 0) is 94.0 Å². The van der Waals surface area contributed by atoms with Crippen molar-refractivity contribution in [1.29, 1.82) is 0 Å². The fourth-order valence-corrected chi connectivity index (χ4v) is 7.17. The number of aromatic nitrogens is 1. The van der Waals surface area contributed by atoms with Crippen LogP contribution in [0.5, 0.6) is 0 Å². The standard InChI is InChI=1S/C33H44F3N3O2/c1-23-5-2-9-26(17-23)30-22-39(31(32(40)41)18-25-7-3-8-25)21-27(30)20-38-15-13-24(14-16-38)6-4-10-29-12-11-28(19-37-29)33(34,35)36/h2,5,9,11-12,17,19,24-25,27,30-31H,3-4,6-8,10,13-16,18,20-22H2,1H3,(H,40,41). The van der Waals surface area contributed by atoms with Crippen LogP contribution in [0.15, 0.2) is 42.6 Å².